The molecule has 0 unspecified atom stereocenters. The number of fused-ring (bicyclic) bond motifs is 1. The molecule has 3 rings (SSSR count). The van der Waals surface area contributed by atoms with E-state index in [1.54, 1.807) is 0 Å². The molecule has 0 aromatic heterocycles. The van der Waals surface area contributed by atoms with Gasteiger partial charge in [-0.3, -0.25) is 0 Å². The molecule has 2 N–H and O–H groups in total. The Morgan fingerprint density at radius 3 is 2.70 bits per heavy atom. The van der Waals surface area contributed by atoms with Crippen LogP contribution >= 0.6 is 24.0 Å². The number of nitrogens with zero attached hydrogens (tertiary/aromatic N) is 1. The van der Waals surface area contributed by atoms with Gasteiger partial charge in [0, 0.05) is 11.0 Å². The number of benzene rings is 2. The fourth-order valence-electron chi connectivity index (χ4n) is 2.01. The van der Waals surface area contributed by atoms with Crippen molar-refractivity contribution in [3.63, 3.8) is 0 Å². The summed E-state index contributed by atoms with van der Waals surface area (Å²) in [6.07, 6.45) is 0. The van der Waals surface area contributed by atoms with Gasteiger partial charge < -0.3 is 10.6 Å². The molecular weight excluding hydrogens is 336 g/mol. The first-order chi connectivity index (χ1) is 11.1. The van der Waals surface area contributed by atoms with E-state index in [-0.39, 0.29) is 16.2 Å². The first-order valence-corrected chi connectivity index (χ1v) is 7.75. The third kappa shape index (κ3) is 3.18. The van der Waals surface area contributed by atoms with Crippen LogP contribution in [0.2, 0.25) is 0 Å². The van der Waals surface area contributed by atoms with Crippen LogP contribution in [0.5, 0.6) is 0 Å². The van der Waals surface area contributed by atoms with Gasteiger partial charge in [0.2, 0.25) is 0 Å². The molecule has 0 amide bonds. The van der Waals surface area contributed by atoms with E-state index < -0.39 is 11.6 Å². The number of hydrogen-bond donors (Lipinski definition) is 2. The predicted molar refractivity (Wildman–Crippen MR) is 91.1 cm³/mol. The third-order valence-corrected chi connectivity index (χ3v) is 4.48. The lowest BCUT2D eigenvalue weighted by Gasteiger charge is -2.10. The minimum Gasteiger partial charge on any atom is -0.348 e. The summed E-state index contributed by atoms with van der Waals surface area (Å²) in [7, 11) is 0. The van der Waals surface area contributed by atoms with Crippen molar-refractivity contribution >= 4 is 40.3 Å². The van der Waals surface area contributed by atoms with Crippen LogP contribution in [-0.2, 0) is 0 Å². The summed E-state index contributed by atoms with van der Waals surface area (Å²) in [6.45, 7) is 0. The smallest absolute Gasteiger partial charge is 0.149 e. The molecule has 0 saturated carbocycles. The molecule has 1 aliphatic rings. The van der Waals surface area contributed by atoms with Crippen molar-refractivity contribution in [3.8, 4) is 6.07 Å². The van der Waals surface area contributed by atoms with Crippen LogP contribution in [0.3, 0.4) is 0 Å². The summed E-state index contributed by atoms with van der Waals surface area (Å²) < 4.78 is 26.6. The minimum atomic E-state index is -0.773. The zero-order valence-electron chi connectivity index (χ0n) is 11.6. The largest absolute Gasteiger partial charge is 0.348 e. The number of hydrogen-bond acceptors (Lipinski definition) is 4. The Morgan fingerprint density at radius 2 is 2.00 bits per heavy atom. The molecule has 114 valence electrons. The second-order valence-electron chi connectivity index (χ2n) is 4.62. The first-order valence-electron chi connectivity index (χ1n) is 6.53. The van der Waals surface area contributed by atoms with Crippen LogP contribution in [0.15, 0.2) is 58.0 Å². The molecule has 3 nitrogen and oxygen atoms in total. The molecule has 1 aliphatic heterocycles. The quantitative estimate of drug-likeness (QED) is 0.471. The number of halogens is 2. The molecule has 0 atom stereocenters. The highest BCUT2D eigenvalue weighted by Gasteiger charge is 2.21. The van der Waals surface area contributed by atoms with Gasteiger partial charge in [-0.1, -0.05) is 36.1 Å². The summed E-state index contributed by atoms with van der Waals surface area (Å²) in [6, 6.07) is 12.7. The molecule has 0 saturated heterocycles. The molecule has 2 aromatic carbocycles. The Bertz CT molecular complexity index is 845. The minimum absolute atomic E-state index is 0.0188. The van der Waals surface area contributed by atoms with E-state index in [2.05, 4.69) is 10.6 Å². The van der Waals surface area contributed by atoms with Gasteiger partial charge >= 0.3 is 0 Å². The van der Waals surface area contributed by atoms with Crippen LogP contribution in [0.1, 0.15) is 0 Å². The maximum atomic E-state index is 13.7. The van der Waals surface area contributed by atoms with Crippen molar-refractivity contribution in [3.05, 3.63) is 64.7 Å². The van der Waals surface area contributed by atoms with E-state index in [1.807, 2.05) is 30.3 Å². The summed E-state index contributed by atoms with van der Waals surface area (Å²) in [5, 5.41) is 15.7. The van der Waals surface area contributed by atoms with Crippen molar-refractivity contribution in [2.45, 2.75) is 4.90 Å². The SMILES string of the molecule is N#C/C(C(=S)Nc1ccc(F)cc1F)=C1\Nc2ccccc2S1. The lowest BCUT2D eigenvalue weighted by Crippen LogP contribution is -2.15. The van der Waals surface area contributed by atoms with Crippen LogP contribution < -0.4 is 10.6 Å². The molecule has 1 heterocycles. The van der Waals surface area contributed by atoms with Gasteiger partial charge in [0.15, 0.2) is 0 Å². The lowest BCUT2D eigenvalue weighted by atomic mass is 10.2. The van der Waals surface area contributed by atoms with Crippen molar-refractivity contribution in [1.82, 2.24) is 0 Å². The van der Waals surface area contributed by atoms with Crippen molar-refractivity contribution < 1.29 is 8.78 Å². The average molecular weight is 345 g/mol. The van der Waals surface area contributed by atoms with E-state index in [1.165, 1.54) is 17.8 Å². The second kappa shape index (κ2) is 6.36. The standard InChI is InChI=1S/C16H9F2N3S2/c17-9-5-6-12(11(18)7-9)20-15(22)10(8-19)16-21-13-3-1-2-4-14(13)23-16/h1-7,21H,(H,20,22)/b16-10-. The molecule has 0 radical (unpaired) electrons. The fourth-order valence-corrected chi connectivity index (χ4v) is 3.34. The Labute approximate surface area is 141 Å². The maximum Gasteiger partial charge on any atom is 0.149 e. The number of thiocarbonyl (C=S) groups is 1. The molecular formula is C16H9F2N3S2. The van der Waals surface area contributed by atoms with Crippen molar-refractivity contribution in [2.24, 2.45) is 0 Å². The third-order valence-electron chi connectivity index (χ3n) is 3.09. The topological polar surface area (TPSA) is 47.9 Å². The Hall–Kier alpha value is -2.43. The maximum absolute atomic E-state index is 13.7. The van der Waals surface area contributed by atoms with Crippen molar-refractivity contribution in [2.75, 3.05) is 10.6 Å². The molecule has 0 fully saturated rings. The highest BCUT2D eigenvalue weighted by molar-refractivity contribution is 8.03. The van der Waals surface area contributed by atoms with E-state index in [4.69, 9.17) is 12.2 Å². The van der Waals surface area contributed by atoms with Crippen LogP contribution in [-0.4, -0.2) is 4.99 Å². The van der Waals surface area contributed by atoms with Gasteiger partial charge in [-0.2, -0.15) is 5.26 Å². The van der Waals surface area contributed by atoms with Gasteiger partial charge in [0.25, 0.3) is 0 Å². The highest BCUT2D eigenvalue weighted by Crippen LogP contribution is 2.42. The van der Waals surface area contributed by atoms with E-state index >= 15 is 0 Å². The second-order valence-corrected chi connectivity index (χ2v) is 6.08. The Kier molecular flexibility index (Phi) is 4.28. The zero-order chi connectivity index (χ0) is 16.4. The van der Waals surface area contributed by atoms with E-state index in [9.17, 15) is 14.0 Å². The normalized spacial score (nSPS) is 14.5. The number of para-hydroxylation sites is 1. The summed E-state index contributed by atoms with van der Waals surface area (Å²) in [5.41, 5.74) is 1.10. The summed E-state index contributed by atoms with van der Waals surface area (Å²) >= 11 is 6.57. The van der Waals surface area contributed by atoms with Crippen molar-refractivity contribution in [1.29, 1.82) is 5.26 Å². The Morgan fingerprint density at radius 1 is 1.22 bits per heavy atom. The highest BCUT2D eigenvalue weighted by atomic mass is 32.2. The molecule has 7 heteroatoms. The first kappa shape index (κ1) is 15.5. The van der Waals surface area contributed by atoms with Crippen LogP contribution in [0.4, 0.5) is 20.2 Å². The molecule has 0 bridgehead atoms. The van der Waals surface area contributed by atoms with E-state index in [0.29, 0.717) is 5.03 Å². The number of nitriles is 1. The fraction of sp³-hybridized carbons (Fsp3) is 0. The zero-order valence-corrected chi connectivity index (χ0v) is 13.2. The molecule has 2 aromatic rings. The van der Waals surface area contributed by atoms with Gasteiger partial charge in [-0.25, -0.2) is 8.78 Å². The lowest BCUT2D eigenvalue weighted by molar-refractivity contribution is 0.586. The summed E-state index contributed by atoms with van der Waals surface area (Å²) in [5.74, 6) is -1.45. The monoisotopic (exact) mass is 345 g/mol. The molecule has 0 aliphatic carbocycles. The number of thioether (sulfide) groups is 1. The van der Waals surface area contributed by atoms with Gasteiger partial charge in [0.05, 0.1) is 16.4 Å². The molecule has 23 heavy (non-hydrogen) atoms. The van der Waals surface area contributed by atoms with Crippen LogP contribution in [0.25, 0.3) is 0 Å². The summed E-state index contributed by atoms with van der Waals surface area (Å²) in [4.78, 5) is 1.05. The number of anilines is 2. The van der Waals surface area contributed by atoms with Gasteiger partial charge in [-0.05, 0) is 24.3 Å². The molecule has 0 spiro atoms. The van der Waals surface area contributed by atoms with Gasteiger partial charge in [0.1, 0.15) is 28.3 Å². The Balaban J connectivity index is 1.86. The predicted octanol–water partition coefficient (Wildman–Crippen LogP) is 4.66. The van der Waals surface area contributed by atoms with Crippen LogP contribution in [0, 0.1) is 23.0 Å². The number of rotatable bonds is 2. The van der Waals surface area contributed by atoms with E-state index in [0.717, 1.165) is 22.7 Å². The number of nitrogens with one attached hydrogen (secondary N) is 2. The van der Waals surface area contributed by atoms with Gasteiger partial charge in [-0.15, -0.1) is 0 Å². The average Bonchev–Trinajstić information content (AvgIpc) is 2.94.